The molecule has 0 aromatic rings. The number of nitrogens with zero attached hydrogens (tertiary/aromatic N) is 2. The molecule has 0 aromatic heterocycles. The van der Waals surface area contributed by atoms with Gasteiger partial charge in [0.1, 0.15) is 0 Å². The minimum atomic E-state index is 0. The second kappa shape index (κ2) is 11.5. The summed E-state index contributed by atoms with van der Waals surface area (Å²) in [5.74, 6) is 1.78. The van der Waals surface area contributed by atoms with E-state index in [-0.39, 0.29) is 24.0 Å². The molecule has 1 aliphatic heterocycles. The molecule has 1 saturated heterocycles. The van der Waals surface area contributed by atoms with Crippen LogP contribution in [-0.4, -0.2) is 50.6 Å². The lowest BCUT2D eigenvalue weighted by molar-refractivity contribution is 0.191. The number of guanidine groups is 1. The van der Waals surface area contributed by atoms with Crippen LogP contribution in [0.3, 0.4) is 0 Å². The number of nitrogens with one attached hydrogen (secondary N) is 2. The van der Waals surface area contributed by atoms with E-state index in [2.05, 4.69) is 34.0 Å². The van der Waals surface area contributed by atoms with Crippen molar-refractivity contribution in [1.29, 1.82) is 0 Å². The molecule has 0 aliphatic carbocycles. The molecule has 0 atom stereocenters. The molecule has 1 heterocycles. The molecule has 5 heteroatoms. The predicted molar refractivity (Wildman–Crippen MR) is 94.4 cm³/mol. The average molecular weight is 380 g/mol. The molecule has 0 amide bonds. The molecule has 2 N–H and O–H groups in total. The third kappa shape index (κ3) is 8.47. The Labute approximate surface area is 135 Å². The highest BCUT2D eigenvalue weighted by Crippen LogP contribution is 2.15. The first-order valence-electron chi connectivity index (χ1n) is 7.04. The van der Waals surface area contributed by atoms with Gasteiger partial charge in [-0.2, -0.15) is 0 Å². The van der Waals surface area contributed by atoms with Gasteiger partial charge in [0.05, 0.1) is 0 Å². The zero-order chi connectivity index (χ0) is 13.2. The van der Waals surface area contributed by atoms with Crippen molar-refractivity contribution in [2.75, 3.05) is 39.8 Å². The van der Waals surface area contributed by atoms with E-state index in [9.17, 15) is 0 Å². The Hall–Kier alpha value is -0.300. The van der Waals surface area contributed by atoms with Gasteiger partial charge in [0, 0.05) is 20.1 Å². The van der Waals surface area contributed by atoms with Gasteiger partial charge in [-0.05, 0) is 44.8 Å². The monoisotopic (exact) mass is 380 g/mol. The molecule has 0 radical (unpaired) electrons. The Bertz CT molecular complexity index is 260. The van der Waals surface area contributed by atoms with E-state index in [0.29, 0.717) is 0 Å². The molecular weight excluding hydrogens is 351 g/mol. The fraction of sp³-hybridized carbons (Fsp3) is 0.786. The first kappa shape index (κ1) is 18.7. The zero-order valence-electron chi connectivity index (χ0n) is 12.3. The van der Waals surface area contributed by atoms with Crippen molar-refractivity contribution < 1.29 is 0 Å². The quantitative estimate of drug-likeness (QED) is 0.244. The summed E-state index contributed by atoms with van der Waals surface area (Å²) >= 11 is 0. The van der Waals surface area contributed by atoms with Crippen LogP contribution in [0.15, 0.2) is 17.6 Å². The van der Waals surface area contributed by atoms with Crippen molar-refractivity contribution in [2.24, 2.45) is 10.9 Å². The van der Waals surface area contributed by atoms with Crippen LogP contribution in [0.2, 0.25) is 0 Å². The zero-order valence-corrected chi connectivity index (χ0v) is 14.7. The smallest absolute Gasteiger partial charge is 0.191 e. The topological polar surface area (TPSA) is 39.7 Å². The Kier molecular flexibility index (Phi) is 11.3. The van der Waals surface area contributed by atoms with E-state index in [1.807, 2.05) is 6.08 Å². The summed E-state index contributed by atoms with van der Waals surface area (Å²) in [6.45, 7) is 11.5. The second-order valence-corrected chi connectivity index (χ2v) is 5.05. The van der Waals surface area contributed by atoms with E-state index < -0.39 is 0 Å². The van der Waals surface area contributed by atoms with Gasteiger partial charge in [0.2, 0.25) is 0 Å². The van der Waals surface area contributed by atoms with E-state index >= 15 is 0 Å². The van der Waals surface area contributed by atoms with Gasteiger partial charge in [-0.1, -0.05) is 13.0 Å². The van der Waals surface area contributed by atoms with Crippen LogP contribution >= 0.6 is 24.0 Å². The highest BCUT2D eigenvalue weighted by molar-refractivity contribution is 14.0. The maximum atomic E-state index is 4.15. The number of aliphatic imine (C=N–C) groups is 1. The van der Waals surface area contributed by atoms with Gasteiger partial charge in [0.15, 0.2) is 5.96 Å². The van der Waals surface area contributed by atoms with Gasteiger partial charge < -0.3 is 15.5 Å². The number of halogens is 1. The fourth-order valence-electron chi connectivity index (χ4n) is 2.18. The Morgan fingerprint density at radius 3 is 2.63 bits per heavy atom. The molecule has 0 bridgehead atoms. The van der Waals surface area contributed by atoms with Crippen molar-refractivity contribution in [3.05, 3.63) is 12.7 Å². The molecule has 4 nitrogen and oxygen atoms in total. The van der Waals surface area contributed by atoms with Gasteiger partial charge in [0.25, 0.3) is 0 Å². The number of hydrogen-bond acceptors (Lipinski definition) is 2. The second-order valence-electron chi connectivity index (χ2n) is 5.05. The minimum Gasteiger partial charge on any atom is -0.356 e. The van der Waals surface area contributed by atoms with Crippen LogP contribution in [0.25, 0.3) is 0 Å². The average Bonchev–Trinajstić information content (AvgIpc) is 2.40. The number of likely N-dealkylation sites (tertiary alicyclic amines) is 1. The molecule has 1 fully saturated rings. The first-order chi connectivity index (χ1) is 8.76. The Morgan fingerprint density at radius 2 is 2.05 bits per heavy atom. The van der Waals surface area contributed by atoms with Gasteiger partial charge >= 0.3 is 0 Å². The van der Waals surface area contributed by atoms with E-state index in [1.54, 1.807) is 7.05 Å². The summed E-state index contributed by atoms with van der Waals surface area (Å²) in [7, 11) is 1.80. The summed E-state index contributed by atoms with van der Waals surface area (Å²) in [5, 5.41) is 6.49. The maximum absolute atomic E-state index is 4.15. The third-order valence-electron chi connectivity index (χ3n) is 3.46. The van der Waals surface area contributed by atoms with Crippen LogP contribution in [-0.2, 0) is 0 Å². The van der Waals surface area contributed by atoms with E-state index in [4.69, 9.17) is 0 Å². The highest BCUT2D eigenvalue weighted by Gasteiger charge is 2.14. The lowest BCUT2D eigenvalue weighted by atomic mass is 9.99. The van der Waals surface area contributed by atoms with Crippen molar-refractivity contribution >= 4 is 29.9 Å². The van der Waals surface area contributed by atoms with Gasteiger partial charge in [-0.15, -0.1) is 30.6 Å². The van der Waals surface area contributed by atoms with Crippen molar-refractivity contribution in [1.82, 2.24) is 15.5 Å². The molecule has 19 heavy (non-hydrogen) atoms. The third-order valence-corrected chi connectivity index (χ3v) is 3.46. The number of piperidine rings is 1. The molecule has 0 aromatic carbocycles. The largest absolute Gasteiger partial charge is 0.356 e. The summed E-state index contributed by atoms with van der Waals surface area (Å²) in [5.41, 5.74) is 0. The van der Waals surface area contributed by atoms with Crippen molar-refractivity contribution in [3.63, 3.8) is 0 Å². The van der Waals surface area contributed by atoms with E-state index in [1.165, 1.54) is 38.9 Å². The summed E-state index contributed by atoms with van der Waals surface area (Å²) in [6.07, 6.45) is 5.72. The molecule has 0 unspecified atom stereocenters. The van der Waals surface area contributed by atoms with Gasteiger partial charge in [-0.25, -0.2) is 0 Å². The first-order valence-corrected chi connectivity index (χ1v) is 7.04. The molecule has 112 valence electrons. The standard InChI is InChI=1S/C14H28N4.HI/c1-4-8-16-14(15-3)17-9-5-10-18-11-6-13(2)7-12-18;/h4,13H,1,5-12H2,2-3H3,(H2,15,16,17);1H. The van der Waals surface area contributed by atoms with E-state index in [0.717, 1.165) is 25.0 Å². The summed E-state index contributed by atoms with van der Waals surface area (Å²) in [6, 6.07) is 0. The maximum Gasteiger partial charge on any atom is 0.191 e. The molecule has 1 rings (SSSR count). The minimum absolute atomic E-state index is 0. The summed E-state index contributed by atoms with van der Waals surface area (Å²) in [4.78, 5) is 6.72. The molecule has 1 aliphatic rings. The fourth-order valence-corrected chi connectivity index (χ4v) is 2.18. The lowest BCUT2D eigenvalue weighted by Gasteiger charge is -2.30. The number of hydrogen-bond donors (Lipinski definition) is 2. The molecular formula is C14H29IN4. The van der Waals surface area contributed by atoms with Crippen LogP contribution < -0.4 is 10.6 Å². The summed E-state index contributed by atoms with van der Waals surface area (Å²) < 4.78 is 0. The SMILES string of the molecule is C=CCNC(=NC)NCCCN1CCC(C)CC1.I. The lowest BCUT2D eigenvalue weighted by Crippen LogP contribution is -2.39. The Morgan fingerprint density at radius 1 is 1.37 bits per heavy atom. The predicted octanol–water partition coefficient (Wildman–Crippen LogP) is 2.08. The normalized spacial score (nSPS) is 17.7. The van der Waals surface area contributed by atoms with Crippen molar-refractivity contribution in [2.45, 2.75) is 26.2 Å². The van der Waals surface area contributed by atoms with Crippen LogP contribution in [0.1, 0.15) is 26.2 Å². The van der Waals surface area contributed by atoms with Crippen molar-refractivity contribution in [3.8, 4) is 0 Å². The van der Waals surface area contributed by atoms with Gasteiger partial charge in [-0.3, -0.25) is 4.99 Å². The van der Waals surface area contributed by atoms with Crippen LogP contribution in [0, 0.1) is 5.92 Å². The van der Waals surface area contributed by atoms with Crippen LogP contribution in [0.4, 0.5) is 0 Å². The Balaban J connectivity index is 0.00000324. The number of rotatable bonds is 6. The van der Waals surface area contributed by atoms with Crippen LogP contribution in [0.5, 0.6) is 0 Å². The highest BCUT2D eigenvalue weighted by atomic mass is 127. The molecule has 0 spiro atoms. The molecule has 0 saturated carbocycles.